The van der Waals surface area contributed by atoms with Gasteiger partial charge >= 0.3 is 0 Å². The minimum absolute atomic E-state index is 0.715. The van der Waals surface area contributed by atoms with Gasteiger partial charge in [-0.15, -0.1) is 0 Å². The van der Waals surface area contributed by atoms with E-state index in [1.54, 1.807) is 7.11 Å². The van der Waals surface area contributed by atoms with E-state index in [9.17, 15) is 5.11 Å². The molecule has 1 unspecified atom stereocenters. The monoisotopic (exact) mass is 270 g/mol. The normalized spacial score (nSPS) is 13.8. The summed E-state index contributed by atoms with van der Waals surface area (Å²) in [6.45, 7) is 2.03. The van der Waals surface area contributed by atoms with Crippen LogP contribution in [0.5, 0.6) is 5.75 Å². The topological polar surface area (TPSA) is 29.5 Å². The molecule has 0 aliphatic heterocycles. The first kappa shape index (κ1) is 14.6. The summed E-state index contributed by atoms with van der Waals surface area (Å²) in [5.41, 5.74) is 1.46. The number of benzene rings is 2. The van der Waals surface area contributed by atoms with Gasteiger partial charge in [0.05, 0.1) is 12.7 Å². The van der Waals surface area contributed by atoms with E-state index in [1.807, 2.05) is 49.4 Å². The molecule has 2 aromatic rings. The Labute approximate surface area is 121 Å². The fourth-order valence-corrected chi connectivity index (χ4v) is 2.42. The second kappa shape index (κ2) is 6.58. The lowest BCUT2D eigenvalue weighted by Crippen LogP contribution is -2.25. The van der Waals surface area contributed by atoms with Crippen molar-refractivity contribution in [3.8, 4) is 5.75 Å². The number of aliphatic hydroxyl groups is 1. The van der Waals surface area contributed by atoms with Crippen LogP contribution in [0.4, 0.5) is 0 Å². The second-order valence-corrected chi connectivity index (χ2v) is 5.10. The Morgan fingerprint density at radius 3 is 2.20 bits per heavy atom. The van der Waals surface area contributed by atoms with Crippen molar-refractivity contribution in [3.05, 3.63) is 65.7 Å². The molecular formula is C18H22O2. The summed E-state index contributed by atoms with van der Waals surface area (Å²) in [7, 11) is 1.67. The van der Waals surface area contributed by atoms with E-state index in [-0.39, 0.29) is 0 Å². The Morgan fingerprint density at radius 1 is 1.00 bits per heavy atom. The molecule has 0 fully saturated rings. The highest BCUT2D eigenvalue weighted by Crippen LogP contribution is 2.30. The van der Waals surface area contributed by atoms with Crippen molar-refractivity contribution in [1.29, 1.82) is 0 Å². The Balaban J connectivity index is 2.06. The van der Waals surface area contributed by atoms with Crippen molar-refractivity contribution in [2.45, 2.75) is 31.8 Å². The van der Waals surface area contributed by atoms with Crippen LogP contribution in [0.2, 0.25) is 0 Å². The number of rotatable bonds is 6. The van der Waals surface area contributed by atoms with Gasteiger partial charge in [-0.25, -0.2) is 0 Å². The highest BCUT2D eigenvalue weighted by atomic mass is 16.5. The van der Waals surface area contributed by atoms with E-state index in [4.69, 9.17) is 4.74 Å². The van der Waals surface area contributed by atoms with Gasteiger partial charge in [-0.2, -0.15) is 0 Å². The Morgan fingerprint density at radius 2 is 1.65 bits per heavy atom. The largest absolute Gasteiger partial charge is 0.497 e. The van der Waals surface area contributed by atoms with Crippen molar-refractivity contribution >= 4 is 0 Å². The molecule has 0 aliphatic carbocycles. The van der Waals surface area contributed by atoms with E-state index >= 15 is 0 Å². The maximum absolute atomic E-state index is 10.8. The Hall–Kier alpha value is -1.80. The molecule has 0 aromatic heterocycles. The Bertz CT molecular complexity index is 519. The zero-order valence-corrected chi connectivity index (χ0v) is 12.2. The molecule has 20 heavy (non-hydrogen) atoms. The maximum Gasteiger partial charge on any atom is 0.118 e. The van der Waals surface area contributed by atoms with Crippen molar-refractivity contribution in [2.75, 3.05) is 7.11 Å². The molecule has 2 rings (SSSR count). The van der Waals surface area contributed by atoms with Gasteiger partial charge in [0.15, 0.2) is 0 Å². The van der Waals surface area contributed by atoms with Crippen LogP contribution in [-0.2, 0) is 12.0 Å². The average Bonchev–Trinajstić information content (AvgIpc) is 2.54. The summed E-state index contributed by atoms with van der Waals surface area (Å²) in [4.78, 5) is 0. The lowest BCUT2D eigenvalue weighted by Gasteiger charge is -2.27. The van der Waals surface area contributed by atoms with Crippen LogP contribution in [0.1, 0.15) is 30.9 Å². The number of hydrogen-bond donors (Lipinski definition) is 1. The molecule has 1 N–H and O–H groups in total. The van der Waals surface area contributed by atoms with Crippen LogP contribution < -0.4 is 4.74 Å². The summed E-state index contributed by atoms with van der Waals surface area (Å²) in [5.74, 6) is 0.863. The second-order valence-electron chi connectivity index (χ2n) is 5.10. The Kier molecular flexibility index (Phi) is 4.80. The number of methoxy groups -OCH3 is 1. The van der Waals surface area contributed by atoms with Gasteiger partial charge in [0, 0.05) is 0 Å². The van der Waals surface area contributed by atoms with Gasteiger partial charge < -0.3 is 9.84 Å². The zero-order chi connectivity index (χ0) is 14.4. The van der Waals surface area contributed by atoms with Crippen molar-refractivity contribution in [2.24, 2.45) is 0 Å². The standard InChI is InChI=1S/C18H22O2/c1-3-18(19,16-7-5-4-6-8-16)14-13-15-9-11-17(20-2)12-10-15/h4-12,19H,3,13-14H2,1-2H3. The minimum Gasteiger partial charge on any atom is -0.497 e. The van der Waals surface area contributed by atoms with Crippen LogP contribution >= 0.6 is 0 Å². The van der Waals surface area contributed by atoms with E-state index in [1.165, 1.54) is 5.56 Å². The molecule has 0 saturated heterocycles. The summed E-state index contributed by atoms with van der Waals surface area (Å²) in [6.07, 6.45) is 2.29. The molecule has 106 valence electrons. The first-order valence-electron chi connectivity index (χ1n) is 7.09. The molecule has 2 heteroatoms. The third-order valence-corrected chi connectivity index (χ3v) is 3.88. The summed E-state index contributed by atoms with van der Waals surface area (Å²) < 4.78 is 5.16. The van der Waals surface area contributed by atoms with Gasteiger partial charge in [-0.05, 0) is 42.5 Å². The zero-order valence-electron chi connectivity index (χ0n) is 12.2. The summed E-state index contributed by atoms with van der Waals surface area (Å²) >= 11 is 0. The molecule has 0 amide bonds. The van der Waals surface area contributed by atoms with Crippen molar-refractivity contribution < 1.29 is 9.84 Å². The van der Waals surface area contributed by atoms with Crippen molar-refractivity contribution in [1.82, 2.24) is 0 Å². The fourth-order valence-electron chi connectivity index (χ4n) is 2.42. The molecule has 0 aliphatic rings. The van der Waals surface area contributed by atoms with Crippen molar-refractivity contribution in [3.63, 3.8) is 0 Å². The average molecular weight is 270 g/mol. The van der Waals surface area contributed by atoms with Crippen LogP contribution in [0.25, 0.3) is 0 Å². The third-order valence-electron chi connectivity index (χ3n) is 3.88. The highest BCUT2D eigenvalue weighted by molar-refractivity contribution is 5.28. The summed E-state index contributed by atoms with van der Waals surface area (Å²) in [6, 6.07) is 18.0. The van der Waals surface area contributed by atoms with Gasteiger partial charge in [0.1, 0.15) is 5.75 Å². The van der Waals surface area contributed by atoms with E-state index in [0.717, 1.165) is 24.2 Å². The third kappa shape index (κ3) is 3.40. The molecule has 0 bridgehead atoms. The van der Waals surface area contributed by atoms with Gasteiger partial charge in [-0.1, -0.05) is 49.4 Å². The van der Waals surface area contributed by atoms with Crippen LogP contribution in [0.15, 0.2) is 54.6 Å². The molecule has 1 atom stereocenters. The van der Waals surface area contributed by atoms with Gasteiger partial charge in [0.25, 0.3) is 0 Å². The minimum atomic E-state index is -0.749. The molecule has 2 nitrogen and oxygen atoms in total. The number of aryl methyl sites for hydroxylation is 1. The molecule has 0 saturated carbocycles. The number of ether oxygens (including phenoxy) is 1. The molecular weight excluding hydrogens is 248 g/mol. The number of hydrogen-bond acceptors (Lipinski definition) is 2. The summed E-state index contributed by atoms with van der Waals surface area (Å²) in [5, 5.41) is 10.8. The lowest BCUT2D eigenvalue weighted by atomic mass is 9.85. The van der Waals surface area contributed by atoms with E-state index in [0.29, 0.717) is 6.42 Å². The quantitative estimate of drug-likeness (QED) is 0.862. The maximum atomic E-state index is 10.8. The van der Waals surface area contributed by atoms with Gasteiger partial charge in [0.2, 0.25) is 0 Å². The van der Waals surface area contributed by atoms with Crippen LogP contribution in [-0.4, -0.2) is 12.2 Å². The molecule has 0 spiro atoms. The van der Waals surface area contributed by atoms with Crippen LogP contribution in [0.3, 0.4) is 0 Å². The first-order valence-corrected chi connectivity index (χ1v) is 7.09. The highest BCUT2D eigenvalue weighted by Gasteiger charge is 2.26. The molecule has 2 aromatic carbocycles. The van der Waals surface area contributed by atoms with Crippen LogP contribution in [0, 0.1) is 0 Å². The van der Waals surface area contributed by atoms with Gasteiger partial charge in [-0.3, -0.25) is 0 Å². The van der Waals surface area contributed by atoms with E-state index < -0.39 is 5.60 Å². The predicted molar refractivity (Wildman–Crippen MR) is 81.9 cm³/mol. The lowest BCUT2D eigenvalue weighted by molar-refractivity contribution is 0.0236. The SMILES string of the molecule is CCC(O)(CCc1ccc(OC)cc1)c1ccccc1. The molecule has 0 radical (unpaired) electrons. The first-order chi connectivity index (χ1) is 9.68. The molecule has 0 heterocycles. The predicted octanol–water partition coefficient (Wildman–Crippen LogP) is 3.93. The smallest absolute Gasteiger partial charge is 0.118 e. The van der Waals surface area contributed by atoms with E-state index in [2.05, 4.69) is 12.1 Å². The fraction of sp³-hybridized carbons (Fsp3) is 0.333.